The molecule has 114 valence electrons. The SMILES string of the molecule is CC(NC(=O)C(C)(C)C(C)(C)N)c1nnc2ccccn12. The highest BCUT2D eigenvalue weighted by Crippen LogP contribution is 2.29. The molecule has 2 heterocycles. The summed E-state index contributed by atoms with van der Waals surface area (Å²) in [5, 5.41) is 11.2. The number of pyridine rings is 1. The van der Waals surface area contributed by atoms with E-state index >= 15 is 0 Å². The van der Waals surface area contributed by atoms with Crippen LogP contribution in [-0.4, -0.2) is 26.0 Å². The molecule has 3 N–H and O–H groups in total. The van der Waals surface area contributed by atoms with Gasteiger partial charge in [0.05, 0.1) is 11.5 Å². The fraction of sp³-hybridized carbons (Fsp3) is 0.533. The molecule has 1 amide bonds. The highest BCUT2D eigenvalue weighted by Gasteiger charge is 2.41. The molecule has 1 unspecified atom stereocenters. The van der Waals surface area contributed by atoms with Gasteiger partial charge in [-0.05, 0) is 46.8 Å². The second-order valence-electron chi connectivity index (χ2n) is 6.53. The molecule has 2 aromatic rings. The first kappa shape index (κ1) is 15.4. The Morgan fingerprint density at radius 1 is 1.29 bits per heavy atom. The Morgan fingerprint density at radius 3 is 2.57 bits per heavy atom. The van der Waals surface area contributed by atoms with Gasteiger partial charge in [-0.2, -0.15) is 0 Å². The minimum absolute atomic E-state index is 0.102. The third-order valence-corrected chi connectivity index (χ3v) is 4.25. The lowest BCUT2D eigenvalue weighted by Crippen LogP contribution is -2.55. The van der Waals surface area contributed by atoms with Gasteiger partial charge in [-0.15, -0.1) is 10.2 Å². The van der Waals surface area contributed by atoms with Gasteiger partial charge in [-0.3, -0.25) is 9.20 Å². The molecule has 21 heavy (non-hydrogen) atoms. The summed E-state index contributed by atoms with van der Waals surface area (Å²) in [5.41, 5.74) is 5.55. The Morgan fingerprint density at radius 2 is 1.95 bits per heavy atom. The number of carbonyl (C=O) groups excluding carboxylic acids is 1. The van der Waals surface area contributed by atoms with Crippen molar-refractivity contribution < 1.29 is 4.79 Å². The zero-order valence-electron chi connectivity index (χ0n) is 13.2. The average molecular weight is 289 g/mol. The quantitative estimate of drug-likeness (QED) is 0.896. The Balaban J connectivity index is 2.22. The Hall–Kier alpha value is -1.95. The normalized spacial score (nSPS) is 14.2. The molecule has 0 radical (unpaired) electrons. The molecule has 6 heteroatoms. The van der Waals surface area contributed by atoms with E-state index in [1.54, 1.807) is 0 Å². The average Bonchev–Trinajstić information content (AvgIpc) is 2.81. The van der Waals surface area contributed by atoms with Crippen molar-refractivity contribution in [1.82, 2.24) is 19.9 Å². The fourth-order valence-corrected chi connectivity index (χ4v) is 1.89. The number of hydrogen-bond acceptors (Lipinski definition) is 4. The second-order valence-corrected chi connectivity index (χ2v) is 6.53. The van der Waals surface area contributed by atoms with Crippen molar-refractivity contribution in [2.24, 2.45) is 11.1 Å². The number of nitrogens with zero attached hydrogens (tertiary/aromatic N) is 3. The third-order valence-electron chi connectivity index (χ3n) is 4.25. The van der Waals surface area contributed by atoms with Gasteiger partial charge < -0.3 is 11.1 Å². The van der Waals surface area contributed by atoms with Crippen LogP contribution in [0.5, 0.6) is 0 Å². The van der Waals surface area contributed by atoms with Crippen LogP contribution in [0.4, 0.5) is 0 Å². The summed E-state index contributed by atoms with van der Waals surface area (Å²) in [6, 6.07) is 5.42. The van der Waals surface area contributed by atoms with Crippen LogP contribution in [0.1, 0.15) is 46.5 Å². The van der Waals surface area contributed by atoms with Gasteiger partial charge in [0, 0.05) is 11.7 Å². The molecular weight excluding hydrogens is 266 g/mol. The zero-order chi connectivity index (χ0) is 15.8. The standard InChI is InChI=1S/C15H23N5O/c1-10(17-13(21)14(2,3)15(4,5)16)12-19-18-11-8-6-7-9-20(11)12/h6-10H,16H2,1-5H3,(H,17,21). The maximum absolute atomic E-state index is 12.5. The maximum Gasteiger partial charge on any atom is 0.228 e. The largest absolute Gasteiger partial charge is 0.346 e. The van der Waals surface area contributed by atoms with E-state index in [0.717, 1.165) is 5.65 Å². The first-order valence-corrected chi connectivity index (χ1v) is 7.04. The van der Waals surface area contributed by atoms with Gasteiger partial charge in [-0.1, -0.05) is 6.07 Å². The third kappa shape index (κ3) is 2.76. The topological polar surface area (TPSA) is 85.3 Å². The number of fused-ring (bicyclic) bond motifs is 1. The number of aromatic nitrogens is 3. The van der Waals surface area contributed by atoms with Crippen molar-refractivity contribution in [2.45, 2.75) is 46.2 Å². The van der Waals surface area contributed by atoms with Crippen molar-refractivity contribution in [1.29, 1.82) is 0 Å². The van der Waals surface area contributed by atoms with E-state index in [2.05, 4.69) is 15.5 Å². The highest BCUT2D eigenvalue weighted by molar-refractivity contribution is 5.83. The molecule has 2 aromatic heterocycles. The van der Waals surface area contributed by atoms with E-state index in [9.17, 15) is 4.79 Å². The molecule has 0 aliphatic rings. The Labute approximate surface area is 124 Å². The second kappa shape index (κ2) is 5.11. The van der Waals surface area contributed by atoms with Crippen LogP contribution < -0.4 is 11.1 Å². The molecule has 0 saturated heterocycles. The Kier molecular flexibility index (Phi) is 3.76. The molecule has 0 bridgehead atoms. The molecular formula is C15H23N5O. The number of amides is 1. The number of nitrogens with two attached hydrogens (primary N) is 1. The molecule has 0 aromatic carbocycles. The van der Waals surface area contributed by atoms with Gasteiger partial charge in [0.2, 0.25) is 5.91 Å². The highest BCUT2D eigenvalue weighted by atomic mass is 16.2. The zero-order valence-corrected chi connectivity index (χ0v) is 13.2. The van der Waals surface area contributed by atoms with Crippen molar-refractivity contribution in [2.75, 3.05) is 0 Å². The molecule has 0 fully saturated rings. The van der Waals surface area contributed by atoms with Gasteiger partial charge in [0.1, 0.15) is 0 Å². The predicted octanol–water partition coefficient (Wildman–Crippen LogP) is 1.67. The van der Waals surface area contributed by atoms with Crippen LogP contribution >= 0.6 is 0 Å². The van der Waals surface area contributed by atoms with Crippen LogP contribution in [0, 0.1) is 5.41 Å². The first-order chi connectivity index (χ1) is 9.64. The fourth-order valence-electron chi connectivity index (χ4n) is 1.89. The maximum atomic E-state index is 12.5. The van der Waals surface area contributed by atoms with Crippen LogP contribution in [-0.2, 0) is 4.79 Å². The van der Waals surface area contributed by atoms with Crippen molar-refractivity contribution in [3.63, 3.8) is 0 Å². The number of carbonyl (C=O) groups is 1. The van der Waals surface area contributed by atoms with E-state index in [1.165, 1.54) is 0 Å². The molecule has 0 saturated carbocycles. The van der Waals surface area contributed by atoms with Crippen molar-refractivity contribution in [3.8, 4) is 0 Å². The lowest BCUT2D eigenvalue weighted by atomic mass is 9.74. The number of nitrogens with one attached hydrogen (secondary N) is 1. The van der Waals surface area contributed by atoms with E-state index in [-0.39, 0.29) is 11.9 Å². The summed E-state index contributed by atoms with van der Waals surface area (Å²) >= 11 is 0. The monoisotopic (exact) mass is 289 g/mol. The lowest BCUT2D eigenvalue weighted by molar-refractivity contribution is -0.133. The van der Waals surface area contributed by atoms with E-state index in [1.807, 2.05) is 63.4 Å². The van der Waals surface area contributed by atoms with Crippen molar-refractivity contribution in [3.05, 3.63) is 30.2 Å². The van der Waals surface area contributed by atoms with Crippen molar-refractivity contribution >= 4 is 11.6 Å². The summed E-state index contributed by atoms with van der Waals surface area (Å²) in [6.07, 6.45) is 1.88. The molecule has 0 spiro atoms. The summed E-state index contributed by atoms with van der Waals surface area (Å²) in [4.78, 5) is 12.5. The number of hydrogen-bond donors (Lipinski definition) is 2. The van der Waals surface area contributed by atoms with Gasteiger partial charge in [0.25, 0.3) is 0 Å². The van der Waals surface area contributed by atoms with Gasteiger partial charge in [0.15, 0.2) is 11.5 Å². The molecule has 2 rings (SSSR count). The molecule has 0 aliphatic heterocycles. The minimum Gasteiger partial charge on any atom is -0.346 e. The lowest BCUT2D eigenvalue weighted by Gasteiger charge is -2.37. The van der Waals surface area contributed by atoms with E-state index in [4.69, 9.17) is 5.73 Å². The van der Waals surface area contributed by atoms with E-state index in [0.29, 0.717) is 5.82 Å². The predicted molar refractivity (Wildman–Crippen MR) is 81.6 cm³/mol. The summed E-state index contributed by atoms with van der Waals surface area (Å²) in [7, 11) is 0. The van der Waals surface area contributed by atoms with Gasteiger partial charge >= 0.3 is 0 Å². The van der Waals surface area contributed by atoms with Crippen LogP contribution in [0.25, 0.3) is 5.65 Å². The van der Waals surface area contributed by atoms with Gasteiger partial charge in [-0.25, -0.2) is 0 Å². The minimum atomic E-state index is -0.693. The molecule has 0 aliphatic carbocycles. The van der Waals surface area contributed by atoms with Crippen LogP contribution in [0.3, 0.4) is 0 Å². The van der Waals surface area contributed by atoms with Crippen LogP contribution in [0.2, 0.25) is 0 Å². The molecule has 1 atom stereocenters. The van der Waals surface area contributed by atoms with E-state index < -0.39 is 11.0 Å². The number of rotatable bonds is 4. The Bertz CT molecular complexity index is 653. The van der Waals surface area contributed by atoms with Crippen LogP contribution in [0.15, 0.2) is 24.4 Å². The smallest absolute Gasteiger partial charge is 0.228 e. The summed E-state index contributed by atoms with van der Waals surface area (Å²) in [6.45, 7) is 9.28. The first-order valence-electron chi connectivity index (χ1n) is 7.04. The summed E-state index contributed by atoms with van der Waals surface area (Å²) < 4.78 is 1.87. The summed E-state index contributed by atoms with van der Waals surface area (Å²) in [5.74, 6) is 0.597. The molecule has 6 nitrogen and oxygen atoms in total.